The zero-order valence-electron chi connectivity index (χ0n) is 8.81. The molecular formula is C11H17NO3. The summed E-state index contributed by atoms with van der Waals surface area (Å²) in [5.74, 6) is 0.511. The third-order valence-corrected chi connectivity index (χ3v) is 2.32. The Morgan fingerprint density at radius 1 is 1.47 bits per heavy atom. The Balaban J connectivity index is 2.83. The summed E-state index contributed by atoms with van der Waals surface area (Å²) in [4.78, 5) is 0. The van der Waals surface area contributed by atoms with Crippen molar-refractivity contribution in [2.75, 3.05) is 13.7 Å². The summed E-state index contributed by atoms with van der Waals surface area (Å²) >= 11 is 0. The quantitative estimate of drug-likeness (QED) is 0.683. The van der Waals surface area contributed by atoms with Gasteiger partial charge in [-0.05, 0) is 18.9 Å². The fourth-order valence-electron chi connectivity index (χ4n) is 1.47. The first-order valence-electron chi connectivity index (χ1n) is 4.93. The maximum Gasteiger partial charge on any atom is 0.162 e. The predicted octanol–water partition coefficient (Wildman–Crippen LogP) is 1.17. The van der Waals surface area contributed by atoms with Gasteiger partial charge in [0.05, 0.1) is 7.11 Å². The summed E-state index contributed by atoms with van der Waals surface area (Å²) in [6, 6.07) is 4.96. The van der Waals surface area contributed by atoms with Crippen molar-refractivity contribution >= 4 is 0 Å². The zero-order valence-corrected chi connectivity index (χ0v) is 8.81. The van der Waals surface area contributed by atoms with E-state index >= 15 is 0 Å². The van der Waals surface area contributed by atoms with Crippen LogP contribution in [0.3, 0.4) is 0 Å². The number of phenolic OH excluding ortho intramolecular Hbond substituents is 1. The smallest absolute Gasteiger partial charge is 0.162 e. The summed E-state index contributed by atoms with van der Waals surface area (Å²) in [5, 5.41) is 18.5. The number of aliphatic hydroxyl groups excluding tert-OH is 1. The molecule has 0 unspecified atom stereocenters. The molecule has 0 saturated carbocycles. The van der Waals surface area contributed by atoms with Crippen molar-refractivity contribution in [3.05, 3.63) is 23.8 Å². The van der Waals surface area contributed by atoms with Gasteiger partial charge in [0, 0.05) is 18.2 Å². The molecule has 1 rings (SSSR count). The van der Waals surface area contributed by atoms with Crippen molar-refractivity contribution in [2.24, 2.45) is 5.73 Å². The van der Waals surface area contributed by atoms with Gasteiger partial charge in [-0.1, -0.05) is 12.1 Å². The molecule has 0 heterocycles. The number of benzene rings is 1. The van der Waals surface area contributed by atoms with E-state index < -0.39 is 0 Å². The maximum absolute atomic E-state index is 9.79. The minimum atomic E-state index is -0.271. The van der Waals surface area contributed by atoms with Gasteiger partial charge in [-0.3, -0.25) is 0 Å². The summed E-state index contributed by atoms with van der Waals surface area (Å²) in [6.45, 7) is 0.110. The topological polar surface area (TPSA) is 75.7 Å². The van der Waals surface area contributed by atoms with E-state index in [0.29, 0.717) is 24.2 Å². The van der Waals surface area contributed by atoms with Gasteiger partial charge in [0.1, 0.15) is 0 Å². The monoisotopic (exact) mass is 211 g/mol. The van der Waals surface area contributed by atoms with Crippen molar-refractivity contribution in [2.45, 2.75) is 18.9 Å². The number of aliphatic hydroxyl groups is 1. The third-order valence-electron chi connectivity index (χ3n) is 2.32. The minimum absolute atomic E-state index is 0.0884. The van der Waals surface area contributed by atoms with Gasteiger partial charge in [-0.2, -0.15) is 0 Å². The van der Waals surface area contributed by atoms with Crippen LogP contribution in [0, 0.1) is 0 Å². The number of phenols is 1. The van der Waals surface area contributed by atoms with Crippen molar-refractivity contribution in [3.63, 3.8) is 0 Å². The molecule has 0 aliphatic rings. The van der Waals surface area contributed by atoms with E-state index in [0.717, 1.165) is 0 Å². The zero-order chi connectivity index (χ0) is 11.3. The number of hydrogen-bond acceptors (Lipinski definition) is 4. The van der Waals surface area contributed by atoms with Crippen LogP contribution in [0.2, 0.25) is 0 Å². The van der Waals surface area contributed by atoms with Crippen molar-refractivity contribution < 1.29 is 14.9 Å². The lowest BCUT2D eigenvalue weighted by Crippen LogP contribution is -2.11. The van der Waals surface area contributed by atoms with E-state index in [1.54, 1.807) is 18.2 Å². The molecule has 4 heteroatoms. The van der Waals surface area contributed by atoms with Gasteiger partial charge < -0.3 is 20.7 Å². The Kier molecular flexibility index (Phi) is 4.39. The largest absolute Gasteiger partial charge is 0.504 e. The highest BCUT2D eigenvalue weighted by Crippen LogP contribution is 2.33. The van der Waals surface area contributed by atoms with E-state index in [2.05, 4.69) is 0 Å². The molecule has 0 saturated heterocycles. The highest BCUT2D eigenvalue weighted by molar-refractivity contribution is 5.46. The fourth-order valence-corrected chi connectivity index (χ4v) is 1.47. The van der Waals surface area contributed by atoms with Gasteiger partial charge in [0.25, 0.3) is 0 Å². The van der Waals surface area contributed by atoms with E-state index in [1.807, 2.05) is 0 Å². The molecule has 0 spiro atoms. The molecular weight excluding hydrogens is 194 g/mol. The number of rotatable bonds is 5. The number of para-hydroxylation sites is 1. The van der Waals surface area contributed by atoms with Gasteiger partial charge in [0.2, 0.25) is 0 Å². The lowest BCUT2D eigenvalue weighted by Gasteiger charge is -2.14. The van der Waals surface area contributed by atoms with Crippen LogP contribution in [-0.2, 0) is 0 Å². The second kappa shape index (κ2) is 5.58. The standard InChI is InChI=1S/C11H17NO3/c1-15-10-6-2-4-8(11(10)14)9(12)5-3-7-13/h2,4,6,9,13-14H,3,5,7,12H2,1H3/t9-/m0/s1. The Hall–Kier alpha value is -1.26. The highest BCUT2D eigenvalue weighted by Gasteiger charge is 2.13. The first-order valence-corrected chi connectivity index (χ1v) is 4.93. The van der Waals surface area contributed by atoms with E-state index in [4.69, 9.17) is 15.6 Å². The second-order valence-electron chi connectivity index (χ2n) is 3.37. The SMILES string of the molecule is COc1cccc([C@@H](N)CCCO)c1O. The molecule has 0 aromatic heterocycles. The molecule has 1 aromatic rings. The molecule has 0 aliphatic heterocycles. The van der Waals surface area contributed by atoms with E-state index in [-0.39, 0.29) is 18.4 Å². The highest BCUT2D eigenvalue weighted by atomic mass is 16.5. The number of hydrogen-bond donors (Lipinski definition) is 3. The summed E-state index contributed by atoms with van der Waals surface area (Å²) in [6.07, 6.45) is 1.26. The molecule has 1 atom stereocenters. The Morgan fingerprint density at radius 3 is 2.80 bits per heavy atom. The van der Waals surface area contributed by atoms with Gasteiger partial charge in [-0.15, -0.1) is 0 Å². The van der Waals surface area contributed by atoms with Gasteiger partial charge in [-0.25, -0.2) is 0 Å². The molecule has 0 amide bonds. The van der Waals surface area contributed by atoms with Crippen molar-refractivity contribution in [1.82, 2.24) is 0 Å². The molecule has 0 aliphatic carbocycles. The lowest BCUT2D eigenvalue weighted by atomic mass is 10.0. The minimum Gasteiger partial charge on any atom is -0.504 e. The predicted molar refractivity (Wildman–Crippen MR) is 57.9 cm³/mol. The summed E-state index contributed by atoms with van der Waals surface area (Å²) in [5.41, 5.74) is 6.53. The van der Waals surface area contributed by atoms with Crippen molar-refractivity contribution in [3.8, 4) is 11.5 Å². The van der Waals surface area contributed by atoms with Crippen LogP contribution in [0.5, 0.6) is 11.5 Å². The number of methoxy groups -OCH3 is 1. The maximum atomic E-state index is 9.79. The second-order valence-corrected chi connectivity index (χ2v) is 3.37. The number of aromatic hydroxyl groups is 1. The number of ether oxygens (including phenoxy) is 1. The average Bonchev–Trinajstić information content (AvgIpc) is 2.26. The Morgan fingerprint density at radius 2 is 2.20 bits per heavy atom. The molecule has 0 radical (unpaired) electrons. The van der Waals surface area contributed by atoms with E-state index in [1.165, 1.54) is 7.11 Å². The van der Waals surface area contributed by atoms with Crippen molar-refractivity contribution in [1.29, 1.82) is 0 Å². The third kappa shape index (κ3) is 2.84. The normalized spacial score (nSPS) is 12.5. The molecule has 1 aromatic carbocycles. The van der Waals surface area contributed by atoms with Gasteiger partial charge in [0.15, 0.2) is 11.5 Å². The van der Waals surface area contributed by atoms with Crippen LogP contribution in [0.25, 0.3) is 0 Å². The Labute approximate surface area is 89.3 Å². The van der Waals surface area contributed by atoms with Crippen LogP contribution >= 0.6 is 0 Å². The molecule has 0 fully saturated rings. The summed E-state index contributed by atoms with van der Waals surface area (Å²) in [7, 11) is 1.50. The molecule has 15 heavy (non-hydrogen) atoms. The van der Waals surface area contributed by atoms with Crippen LogP contribution in [0.4, 0.5) is 0 Å². The Bertz CT molecular complexity index is 315. The van der Waals surface area contributed by atoms with Crippen LogP contribution < -0.4 is 10.5 Å². The van der Waals surface area contributed by atoms with Crippen LogP contribution in [0.15, 0.2) is 18.2 Å². The van der Waals surface area contributed by atoms with E-state index in [9.17, 15) is 5.11 Å². The molecule has 4 nitrogen and oxygen atoms in total. The lowest BCUT2D eigenvalue weighted by molar-refractivity contribution is 0.279. The van der Waals surface area contributed by atoms with Crippen LogP contribution in [0.1, 0.15) is 24.4 Å². The average molecular weight is 211 g/mol. The molecule has 0 bridgehead atoms. The van der Waals surface area contributed by atoms with Crippen LogP contribution in [-0.4, -0.2) is 23.9 Å². The number of nitrogens with two attached hydrogens (primary N) is 1. The summed E-state index contributed by atoms with van der Waals surface area (Å²) < 4.78 is 4.99. The molecule has 4 N–H and O–H groups in total. The fraction of sp³-hybridized carbons (Fsp3) is 0.455. The molecule has 84 valence electrons. The first-order chi connectivity index (χ1) is 7.20. The first kappa shape index (κ1) is 11.8. The van der Waals surface area contributed by atoms with Gasteiger partial charge >= 0.3 is 0 Å².